The summed E-state index contributed by atoms with van der Waals surface area (Å²) in [6.45, 7) is 3.33. The molecule has 0 N–H and O–H groups in total. The van der Waals surface area contributed by atoms with Gasteiger partial charge in [0.25, 0.3) is 0 Å². The van der Waals surface area contributed by atoms with Gasteiger partial charge in [0.1, 0.15) is 28.1 Å². The van der Waals surface area contributed by atoms with E-state index in [1.165, 1.54) is 36.6 Å². The molecule has 0 fully saturated rings. The molecule has 35 heavy (non-hydrogen) atoms. The number of fused-ring (bicyclic) bond motifs is 2. The van der Waals surface area contributed by atoms with Crippen LogP contribution in [0, 0.1) is 5.82 Å². The van der Waals surface area contributed by atoms with E-state index in [-0.39, 0.29) is 23.3 Å². The monoisotopic (exact) mass is 503 g/mol. The van der Waals surface area contributed by atoms with Gasteiger partial charge in [0, 0.05) is 0 Å². The van der Waals surface area contributed by atoms with Gasteiger partial charge in [0.2, 0.25) is 0 Å². The van der Waals surface area contributed by atoms with Crippen molar-refractivity contribution in [3.63, 3.8) is 0 Å². The SMILES string of the molecule is CC(C)(OC(=O)COc1ccc([S+]2c3ccccc3Sc3ccccc32)cc1)c1ccc(F)cc1. The van der Waals surface area contributed by atoms with Gasteiger partial charge in [-0.1, -0.05) is 48.2 Å². The summed E-state index contributed by atoms with van der Waals surface area (Å²) in [4.78, 5) is 18.8. The largest absolute Gasteiger partial charge is 0.482 e. The highest BCUT2D eigenvalue weighted by molar-refractivity contribution is 8.04. The fourth-order valence-corrected chi connectivity index (χ4v) is 7.67. The third-order valence-electron chi connectivity index (χ3n) is 5.68. The van der Waals surface area contributed by atoms with Crippen molar-refractivity contribution >= 4 is 28.6 Å². The Morgan fingerprint density at radius 2 is 1.40 bits per heavy atom. The van der Waals surface area contributed by atoms with Gasteiger partial charge in [-0.05, 0) is 80.1 Å². The van der Waals surface area contributed by atoms with Crippen LogP contribution in [0.15, 0.2) is 122 Å². The van der Waals surface area contributed by atoms with Gasteiger partial charge in [0.15, 0.2) is 21.3 Å². The van der Waals surface area contributed by atoms with Crippen LogP contribution in [0.3, 0.4) is 0 Å². The molecule has 1 aliphatic heterocycles. The summed E-state index contributed by atoms with van der Waals surface area (Å²) in [6, 6.07) is 30.9. The molecular weight excluding hydrogens is 479 g/mol. The maximum absolute atomic E-state index is 13.2. The van der Waals surface area contributed by atoms with Crippen LogP contribution < -0.4 is 4.74 Å². The molecular formula is C29H24FO3S2+. The number of carbonyl (C=O) groups excluding carboxylic acids is 1. The Kier molecular flexibility index (Phi) is 6.58. The molecule has 1 aliphatic rings. The Bertz CT molecular complexity index is 1310. The molecule has 176 valence electrons. The number of esters is 1. The van der Waals surface area contributed by atoms with Crippen molar-refractivity contribution in [1.82, 2.24) is 0 Å². The number of halogens is 1. The van der Waals surface area contributed by atoms with Crippen LogP contribution in [0.5, 0.6) is 5.75 Å². The molecule has 0 amide bonds. The molecule has 0 aromatic heterocycles. The van der Waals surface area contributed by atoms with E-state index in [4.69, 9.17) is 9.47 Å². The molecule has 3 nitrogen and oxygen atoms in total. The second kappa shape index (κ2) is 9.80. The normalized spacial score (nSPS) is 13.0. The Morgan fingerprint density at radius 1 is 0.829 bits per heavy atom. The molecule has 0 spiro atoms. The van der Waals surface area contributed by atoms with Crippen LogP contribution in [0.1, 0.15) is 19.4 Å². The Balaban J connectivity index is 1.28. The molecule has 0 saturated carbocycles. The lowest BCUT2D eigenvalue weighted by atomic mass is 9.98. The maximum atomic E-state index is 13.2. The quantitative estimate of drug-likeness (QED) is 0.181. The standard InChI is InChI=1S/C29H24FO3S2/c1-29(2,20-11-13-21(30)14-12-20)33-28(31)19-32-22-15-17-23(18-16-22)35-26-9-5-3-7-24(26)34-25-8-4-6-10-27(25)35/h3-18H,19H2,1-2H3/q+1. The van der Waals surface area contributed by atoms with Crippen molar-refractivity contribution in [3.05, 3.63) is 108 Å². The first-order chi connectivity index (χ1) is 16.9. The van der Waals surface area contributed by atoms with E-state index in [9.17, 15) is 9.18 Å². The summed E-state index contributed by atoms with van der Waals surface area (Å²) in [7, 11) is -0.210. The molecule has 0 radical (unpaired) electrons. The number of ether oxygens (including phenoxy) is 2. The number of benzene rings is 4. The zero-order valence-electron chi connectivity index (χ0n) is 19.4. The highest BCUT2D eigenvalue weighted by Gasteiger charge is 2.37. The van der Waals surface area contributed by atoms with Crippen LogP contribution in [-0.2, 0) is 26.0 Å². The van der Waals surface area contributed by atoms with E-state index in [0.717, 1.165) is 0 Å². The van der Waals surface area contributed by atoms with Gasteiger partial charge in [-0.25, -0.2) is 9.18 Å². The molecule has 0 saturated heterocycles. The molecule has 4 aromatic carbocycles. The first-order valence-corrected chi connectivity index (χ1v) is 13.3. The Labute approximate surface area is 211 Å². The van der Waals surface area contributed by atoms with Crippen LogP contribution in [-0.4, -0.2) is 12.6 Å². The van der Waals surface area contributed by atoms with E-state index in [1.807, 2.05) is 23.9 Å². The lowest BCUT2D eigenvalue weighted by Crippen LogP contribution is -2.28. The van der Waals surface area contributed by atoms with Crippen molar-refractivity contribution in [2.75, 3.05) is 6.61 Å². The summed E-state index contributed by atoms with van der Waals surface area (Å²) in [5.41, 5.74) is -0.178. The molecule has 0 aliphatic carbocycles. The van der Waals surface area contributed by atoms with Gasteiger partial charge < -0.3 is 9.47 Å². The lowest BCUT2D eigenvalue weighted by molar-refractivity contribution is -0.159. The smallest absolute Gasteiger partial charge is 0.345 e. The fourth-order valence-electron chi connectivity index (χ4n) is 3.94. The van der Waals surface area contributed by atoms with E-state index in [2.05, 4.69) is 60.7 Å². The first kappa shape index (κ1) is 23.5. The molecule has 1 heterocycles. The predicted octanol–water partition coefficient (Wildman–Crippen LogP) is 7.24. The summed E-state index contributed by atoms with van der Waals surface area (Å²) < 4.78 is 24.5. The predicted molar refractivity (Wildman–Crippen MR) is 137 cm³/mol. The topological polar surface area (TPSA) is 35.5 Å². The van der Waals surface area contributed by atoms with Gasteiger partial charge >= 0.3 is 5.97 Å². The van der Waals surface area contributed by atoms with E-state index in [0.29, 0.717) is 11.3 Å². The Hall–Kier alpha value is -3.22. The average molecular weight is 504 g/mol. The van der Waals surface area contributed by atoms with Gasteiger partial charge in [-0.2, -0.15) is 0 Å². The minimum Gasteiger partial charge on any atom is -0.482 e. The number of hydrogen-bond acceptors (Lipinski definition) is 4. The van der Waals surface area contributed by atoms with Crippen LogP contribution in [0.2, 0.25) is 0 Å². The van der Waals surface area contributed by atoms with Crippen molar-refractivity contribution < 1.29 is 18.7 Å². The van der Waals surface area contributed by atoms with Gasteiger partial charge in [-0.3, -0.25) is 0 Å². The first-order valence-electron chi connectivity index (χ1n) is 11.2. The van der Waals surface area contributed by atoms with E-state index >= 15 is 0 Å². The maximum Gasteiger partial charge on any atom is 0.345 e. The number of rotatable bonds is 6. The molecule has 6 heteroatoms. The third kappa shape index (κ3) is 5.09. The summed E-state index contributed by atoms with van der Waals surface area (Å²) in [5, 5.41) is 0. The van der Waals surface area contributed by atoms with Gasteiger partial charge in [-0.15, -0.1) is 0 Å². The van der Waals surface area contributed by atoms with Crippen molar-refractivity contribution in [2.24, 2.45) is 0 Å². The van der Waals surface area contributed by atoms with E-state index < -0.39 is 11.6 Å². The summed E-state index contributed by atoms with van der Waals surface area (Å²) in [5.74, 6) is -0.221. The van der Waals surface area contributed by atoms with E-state index in [1.54, 1.807) is 26.0 Å². The van der Waals surface area contributed by atoms with Crippen molar-refractivity contribution in [3.8, 4) is 5.75 Å². The lowest BCUT2D eigenvalue weighted by Gasteiger charge is -2.25. The molecule has 5 rings (SSSR count). The Morgan fingerprint density at radius 3 is 2.00 bits per heavy atom. The van der Waals surface area contributed by atoms with Crippen LogP contribution >= 0.6 is 11.8 Å². The molecule has 4 aromatic rings. The molecule has 0 unspecified atom stereocenters. The zero-order chi connectivity index (χ0) is 24.4. The molecule has 0 bridgehead atoms. The van der Waals surface area contributed by atoms with Gasteiger partial charge in [0.05, 0.1) is 9.79 Å². The second-order valence-electron chi connectivity index (χ2n) is 8.55. The minimum atomic E-state index is -0.890. The van der Waals surface area contributed by atoms with Crippen LogP contribution in [0.4, 0.5) is 4.39 Å². The van der Waals surface area contributed by atoms with Crippen molar-refractivity contribution in [1.29, 1.82) is 0 Å². The summed E-state index contributed by atoms with van der Waals surface area (Å²) >= 11 is 1.81. The number of carbonyl (C=O) groups is 1. The summed E-state index contributed by atoms with van der Waals surface area (Å²) in [6.07, 6.45) is 0. The highest BCUT2D eigenvalue weighted by Crippen LogP contribution is 2.48. The zero-order valence-corrected chi connectivity index (χ0v) is 21.0. The third-order valence-corrected chi connectivity index (χ3v) is 9.43. The van der Waals surface area contributed by atoms with Crippen molar-refractivity contribution in [2.45, 2.75) is 43.9 Å². The second-order valence-corrected chi connectivity index (χ2v) is 11.6. The number of hydrogen-bond donors (Lipinski definition) is 0. The minimum absolute atomic E-state index is 0.210. The highest BCUT2D eigenvalue weighted by atomic mass is 32.2. The van der Waals surface area contributed by atoms with Crippen LogP contribution in [0.25, 0.3) is 0 Å². The molecule has 0 atom stereocenters. The average Bonchev–Trinajstić information content (AvgIpc) is 2.86. The fraction of sp³-hybridized carbons (Fsp3) is 0.138.